The second-order valence-electron chi connectivity index (χ2n) is 3.83. The highest BCUT2D eigenvalue weighted by Gasteiger charge is 2.39. The SMILES string of the molecule is NC(C1CC1)C(N)C1CC1. The van der Waals surface area contributed by atoms with Crippen LogP contribution in [0, 0.1) is 11.8 Å². The highest BCUT2D eigenvalue weighted by atomic mass is 14.8. The van der Waals surface area contributed by atoms with Crippen molar-refractivity contribution in [1.29, 1.82) is 0 Å². The van der Waals surface area contributed by atoms with Gasteiger partial charge in [-0.05, 0) is 37.5 Å². The normalized spacial score (nSPS) is 31.8. The Hall–Kier alpha value is -0.0800. The van der Waals surface area contributed by atoms with Crippen LogP contribution in [0.2, 0.25) is 0 Å². The second-order valence-corrected chi connectivity index (χ2v) is 3.83. The van der Waals surface area contributed by atoms with Crippen LogP contribution in [0.15, 0.2) is 0 Å². The Morgan fingerprint density at radius 3 is 1.30 bits per heavy atom. The Morgan fingerprint density at radius 1 is 0.800 bits per heavy atom. The molecule has 0 aromatic rings. The van der Waals surface area contributed by atoms with Gasteiger partial charge in [0.25, 0.3) is 0 Å². The zero-order valence-corrected chi connectivity index (χ0v) is 6.29. The summed E-state index contributed by atoms with van der Waals surface area (Å²) < 4.78 is 0. The molecule has 2 heteroatoms. The molecule has 0 aromatic heterocycles. The van der Waals surface area contributed by atoms with Crippen molar-refractivity contribution >= 4 is 0 Å². The van der Waals surface area contributed by atoms with Crippen molar-refractivity contribution in [1.82, 2.24) is 0 Å². The van der Waals surface area contributed by atoms with E-state index in [-0.39, 0.29) is 0 Å². The van der Waals surface area contributed by atoms with Gasteiger partial charge in [-0.25, -0.2) is 0 Å². The topological polar surface area (TPSA) is 52.0 Å². The van der Waals surface area contributed by atoms with Crippen LogP contribution < -0.4 is 11.5 Å². The molecule has 0 spiro atoms. The van der Waals surface area contributed by atoms with E-state index in [1.165, 1.54) is 25.7 Å². The number of hydrogen-bond donors (Lipinski definition) is 2. The van der Waals surface area contributed by atoms with Crippen LogP contribution >= 0.6 is 0 Å². The summed E-state index contributed by atoms with van der Waals surface area (Å²) in [4.78, 5) is 0. The van der Waals surface area contributed by atoms with E-state index in [2.05, 4.69) is 0 Å². The van der Waals surface area contributed by atoms with Gasteiger partial charge in [-0.2, -0.15) is 0 Å². The molecule has 0 radical (unpaired) electrons. The van der Waals surface area contributed by atoms with Crippen molar-refractivity contribution in [2.45, 2.75) is 37.8 Å². The van der Waals surface area contributed by atoms with Crippen molar-refractivity contribution in [3.05, 3.63) is 0 Å². The van der Waals surface area contributed by atoms with E-state index >= 15 is 0 Å². The van der Waals surface area contributed by atoms with E-state index in [4.69, 9.17) is 11.5 Å². The highest BCUT2D eigenvalue weighted by Crippen LogP contribution is 2.39. The predicted molar refractivity (Wildman–Crippen MR) is 41.4 cm³/mol. The summed E-state index contributed by atoms with van der Waals surface area (Å²) in [5.41, 5.74) is 11.9. The summed E-state index contributed by atoms with van der Waals surface area (Å²) in [7, 11) is 0. The first-order valence-corrected chi connectivity index (χ1v) is 4.30. The van der Waals surface area contributed by atoms with Gasteiger partial charge < -0.3 is 11.5 Å². The lowest BCUT2D eigenvalue weighted by Gasteiger charge is -2.18. The Bertz CT molecular complexity index is 111. The minimum atomic E-state index is 0.312. The lowest BCUT2D eigenvalue weighted by molar-refractivity contribution is 0.439. The maximum absolute atomic E-state index is 5.94. The molecule has 4 N–H and O–H groups in total. The standard InChI is InChI=1S/C8H16N2/c9-7(5-1-2-5)8(10)6-3-4-6/h5-8H,1-4,9-10H2. The molecule has 2 rings (SSSR count). The number of hydrogen-bond acceptors (Lipinski definition) is 2. The van der Waals surface area contributed by atoms with Crippen LogP contribution in [-0.4, -0.2) is 12.1 Å². The molecule has 2 nitrogen and oxygen atoms in total. The van der Waals surface area contributed by atoms with Crippen molar-refractivity contribution in [2.75, 3.05) is 0 Å². The molecule has 2 fully saturated rings. The van der Waals surface area contributed by atoms with Gasteiger partial charge in [0.2, 0.25) is 0 Å². The van der Waals surface area contributed by atoms with Crippen LogP contribution in [0.3, 0.4) is 0 Å². The minimum Gasteiger partial charge on any atom is -0.326 e. The minimum absolute atomic E-state index is 0.312. The monoisotopic (exact) mass is 140 g/mol. The van der Waals surface area contributed by atoms with Gasteiger partial charge >= 0.3 is 0 Å². The summed E-state index contributed by atoms with van der Waals surface area (Å²) in [6.45, 7) is 0. The third-order valence-corrected chi connectivity index (χ3v) is 2.78. The molecule has 0 amide bonds. The molecule has 0 aromatic carbocycles. The summed E-state index contributed by atoms with van der Waals surface area (Å²) in [6.07, 6.45) is 5.28. The van der Waals surface area contributed by atoms with E-state index in [1.807, 2.05) is 0 Å². The third kappa shape index (κ3) is 1.18. The number of rotatable bonds is 3. The molecule has 2 aliphatic carbocycles. The molecule has 58 valence electrons. The van der Waals surface area contributed by atoms with E-state index in [9.17, 15) is 0 Å². The Kier molecular flexibility index (Phi) is 1.46. The lowest BCUT2D eigenvalue weighted by atomic mass is 10.0. The van der Waals surface area contributed by atoms with Gasteiger partial charge in [-0.1, -0.05) is 0 Å². The molecule has 2 atom stereocenters. The van der Waals surface area contributed by atoms with Crippen LogP contribution in [-0.2, 0) is 0 Å². The largest absolute Gasteiger partial charge is 0.326 e. The summed E-state index contributed by atoms with van der Waals surface area (Å²) in [5, 5.41) is 0. The average molecular weight is 140 g/mol. The molecule has 2 unspecified atom stereocenters. The average Bonchev–Trinajstić information content (AvgIpc) is 2.73. The van der Waals surface area contributed by atoms with E-state index < -0.39 is 0 Å². The Balaban J connectivity index is 1.83. The molecule has 10 heavy (non-hydrogen) atoms. The fourth-order valence-electron chi connectivity index (χ4n) is 1.59. The van der Waals surface area contributed by atoms with Crippen LogP contribution in [0.25, 0.3) is 0 Å². The molecule has 2 aliphatic rings. The molecule has 0 saturated heterocycles. The van der Waals surface area contributed by atoms with Gasteiger partial charge in [-0.3, -0.25) is 0 Å². The first-order valence-electron chi connectivity index (χ1n) is 4.30. The van der Waals surface area contributed by atoms with Crippen molar-refractivity contribution in [3.63, 3.8) is 0 Å². The maximum Gasteiger partial charge on any atom is 0.0223 e. The van der Waals surface area contributed by atoms with Crippen molar-refractivity contribution < 1.29 is 0 Å². The quantitative estimate of drug-likeness (QED) is 0.598. The number of nitrogens with two attached hydrogens (primary N) is 2. The third-order valence-electron chi connectivity index (χ3n) is 2.78. The molecular formula is C8H16N2. The van der Waals surface area contributed by atoms with Gasteiger partial charge in [0, 0.05) is 12.1 Å². The molecular weight excluding hydrogens is 124 g/mol. The van der Waals surface area contributed by atoms with Gasteiger partial charge in [0.1, 0.15) is 0 Å². The van der Waals surface area contributed by atoms with Crippen LogP contribution in [0.4, 0.5) is 0 Å². The second kappa shape index (κ2) is 2.21. The maximum atomic E-state index is 5.94. The zero-order valence-electron chi connectivity index (χ0n) is 6.29. The fourth-order valence-corrected chi connectivity index (χ4v) is 1.59. The fraction of sp³-hybridized carbons (Fsp3) is 1.00. The van der Waals surface area contributed by atoms with Crippen LogP contribution in [0.1, 0.15) is 25.7 Å². The summed E-state index contributed by atoms with van der Waals surface area (Å²) in [5.74, 6) is 1.55. The Morgan fingerprint density at radius 2 is 1.10 bits per heavy atom. The van der Waals surface area contributed by atoms with E-state index in [1.54, 1.807) is 0 Å². The lowest BCUT2D eigenvalue weighted by Crippen LogP contribution is -2.44. The first-order chi connectivity index (χ1) is 4.79. The molecule has 0 bridgehead atoms. The summed E-state index contributed by atoms with van der Waals surface area (Å²) >= 11 is 0. The van der Waals surface area contributed by atoms with E-state index in [0.717, 1.165) is 11.8 Å². The first kappa shape index (κ1) is 6.62. The molecule has 2 saturated carbocycles. The van der Waals surface area contributed by atoms with Gasteiger partial charge in [-0.15, -0.1) is 0 Å². The molecule has 0 heterocycles. The zero-order chi connectivity index (χ0) is 7.14. The smallest absolute Gasteiger partial charge is 0.0223 e. The van der Waals surface area contributed by atoms with Gasteiger partial charge in [0.15, 0.2) is 0 Å². The summed E-state index contributed by atoms with van der Waals surface area (Å²) in [6, 6.07) is 0.625. The van der Waals surface area contributed by atoms with Crippen molar-refractivity contribution in [2.24, 2.45) is 23.3 Å². The van der Waals surface area contributed by atoms with E-state index in [0.29, 0.717) is 12.1 Å². The molecule has 0 aliphatic heterocycles. The Labute approximate surface area is 62.0 Å². The van der Waals surface area contributed by atoms with Gasteiger partial charge in [0.05, 0.1) is 0 Å². The van der Waals surface area contributed by atoms with Crippen molar-refractivity contribution in [3.8, 4) is 0 Å². The predicted octanol–water partition coefficient (Wildman–Crippen LogP) is 0.461. The van der Waals surface area contributed by atoms with Crippen LogP contribution in [0.5, 0.6) is 0 Å². The highest BCUT2D eigenvalue weighted by molar-refractivity contribution is 4.97.